The van der Waals surface area contributed by atoms with Crippen molar-refractivity contribution in [2.24, 2.45) is 11.8 Å². The van der Waals surface area contributed by atoms with Crippen molar-refractivity contribution in [2.45, 2.75) is 92.7 Å². The van der Waals surface area contributed by atoms with Crippen molar-refractivity contribution in [1.82, 2.24) is 0 Å². The zero-order valence-corrected chi connectivity index (χ0v) is 30.3. The van der Waals surface area contributed by atoms with E-state index in [4.69, 9.17) is 18.9 Å². The van der Waals surface area contributed by atoms with Crippen LogP contribution in [-0.4, -0.2) is 71.4 Å². The summed E-state index contributed by atoms with van der Waals surface area (Å²) >= 11 is -2.34. The average Bonchev–Trinajstić information content (AvgIpc) is 2.84. The topological polar surface area (TPSA) is 57.2 Å². The third-order valence-corrected chi connectivity index (χ3v) is 15.4. The number of methoxy groups -OCH3 is 1. The summed E-state index contributed by atoms with van der Waals surface area (Å²) < 4.78 is 24.0. The molecule has 0 amide bonds. The number of hydrogen-bond donors (Lipinski definition) is 1. The molecule has 39 heavy (non-hydrogen) atoms. The van der Waals surface area contributed by atoms with Crippen molar-refractivity contribution in [3.63, 3.8) is 0 Å². The molecule has 0 aliphatic rings. The van der Waals surface area contributed by atoms with Crippen LogP contribution >= 0.6 is 0 Å². The first-order valence-electron chi connectivity index (χ1n) is 14.6. The molecule has 0 saturated heterocycles. The molecule has 0 heterocycles. The number of ether oxygens (including phenoxy) is 4. The Kier molecular flexibility index (Phi) is 17.5. The van der Waals surface area contributed by atoms with Crippen LogP contribution in [0.15, 0.2) is 46.1 Å². The molecule has 0 fully saturated rings. The Bertz CT molecular complexity index is 842. The second-order valence-electron chi connectivity index (χ2n) is 13.4. The Morgan fingerprint density at radius 2 is 1.72 bits per heavy atom. The van der Waals surface area contributed by atoms with E-state index in [9.17, 15) is 5.11 Å². The molecule has 0 aromatic heterocycles. The van der Waals surface area contributed by atoms with Crippen LogP contribution < -0.4 is 4.74 Å². The third-order valence-electron chi connectivity index (χ3n) is 7.08. The fourth-order valence-corrected chi connectivity index (χ4v) is 9.17. The standard InChI is InChI=1S/C29H49O5Si.3CH3.Sn/c1-8-26(21-33-22-27-12-14-29(31-4)15-13-27)19-28(30)18-24(2)10-9-11-25(3)20-34-23-32-16-17-35(5,6)7;;;;/h11-15,24,26,28,30H,1,9-10,16-23H2,2-7H3;3*1H3;/b25-11+;;;;/t24-,26?,28?;;;;/m0..../s1. The maximum absolute atomic E-state index is 11.0. The summed E-state index contributed by atoms with van der Waals surface area (Å²) in [4.78, 5) is 7.17. The number of benzene rings is 1. The van der Waals surface area contributed by atoms with Crippen LogP contribution in [0.4, 0.5) is 0 Å². The molecular formula is C32H58O5SiSn. The van der Waals surface area contributed by atoms with Crippen LogP contribution in [-0.2, 0) is 20.8 Å². The van der Waals surface area contributed by atoms with E-state index in [0.717, 1.165) is 43.6 Å². The van der Waals surface area contributed by atoms with Crippen LogP contribution in [0.3, 0.4) is 0 Å². The van der Waals surface area contributed by atoms with Gasteiger partial charge in [0.15, 0.2) is 0 Å². The first-order chi connectivity index (χ1) is 18.2. The molecule has 1 rings (SSSR count). The van der Waals surface area contributed by atoms with Crippen molar-refractivity contribution >= 4 is 26.5 Å². The summed E-state index contributed by atoms with van der Waals surface area (Å²) in [5.74, 6) is 1.50. The predicted molar refractivity (Wildman–Crippen MR) is 171 cm³/mol. The predicted octanol–water partition coefficient (Wildman–Crippen LogP) is 8.09. The van der Waals surface area contributed by atoms with Crippen LogP contribution in [0.25, 0.3) is 0 Å². The second-order valence-corrected chi connectivity index (χ2v) is 33.7. The summed E-state index contributed by atoms with van der Waals surface area (Å²) in [6.07, 6.45) is 5.49. The molecule has 1 aromatic rings. The van der Waals surface area contributed by atoms with Crippen LogP contribution in [0.1, 0.15) is 45.1 Å². The number of hydrogen-bond acceptors (Lipinski definition) is 5. The van der Waals surface area contributed by atoms with Gasteiger partial charge in [-0.15, -0.1) is 0 Å². The summed E-state index contributed by atoms with van der Waals surface area (Å²) in [5, 5.41) is 11.0. The summed E-state index contributed by atoms with van der Waals surface area (Å²) in [7, 11) is 0.628. The van der Waals surface area contributed by atoms with Gasteiger partial charge < -0.3 is 4.74 Å². The monoisotopic (exact) mass is 670 g/mol. The molecule has 1 N–H and O–H groups in total. The van der Waals surface area contributed by atoms with Gasteiger partial charge in [-0.2, -0.15) is 0 Å². The minimum atomic E-state index is -2.34. The Morgan fingerprint density at radius 1 is 1.05 bits per heavy atom. The van der Waals surface area contributed by atoms with E-state index in [-0.39, 0.29) is 12.0 Å². The summed E-state index contributed by atoms with van der Waals surface area (Å²) in [6, 6.07) is 9.15. The minimum absolute atomic E-state index is 0.202. The molecule has 1 aromatic carbocycles. The van der Waals surface area contributed by atoms with Gasteiger partial charge in [0, 0.05) is 14.7 Å². The number of aliphatic hydroxyl groups excluding tert-OH is 1. The van der Waals surface area contributed by atoms with Gasteiger partial charge in [0.2, 0.25) is 0 Å². The zero-order chi connectivity index (χ0) is 29.5. The molecule has 0 spiro atoms. The number of allylic oxidation sites excluding steroid dienone is 1. The molecule has 0 aliphatic heterocycles. The first-order valence-corrected chi connectivity index (χ1v) is 28.3. The summed E-state index contributed by atoms with van der Waals surface area (Å²) in [6.45, 7) is 18.8. The van der Waals surface area contributed by atoms with E-state index in [2.05, 4.69) is 61.0 Å². The SMILES string of the molecule is C=[C](C(COCc1ccc(OC)cc1)CC(O)C[C@@H](C)CC/C=C(\C)COCOCC[Si](C)(C)C)[Sn]([CH3])([CH3])[CH3]. The van der Waals surface area contributed by atoms with E-state index >= 15 is 0 Å². The van der Waals surface area contributed by atoms with Gasteiger partial charge in [0.25, 0.3) is 0 Å². The molecule has 224 valence electrons. The van der Waals surface area contributed by atoms with Crippen LogP contribution in [0, 0.1) is 11.8 Å². The van der Waals surface area contributed by atoms with E-state index in [0.29, 0.717) is 32.5 Å². The number of rotatable bonds is 21. The number of aliphatic hydroxyl groups is 1. The van der Waals surface area contributed by atoms with Gasteiger partial charge in [-0.3, -0.25) is 0 Å². The van der Waals surface area contributed by atoms with E-state index in [1.165, 1.54) is 15.2 Å². The average molecular weight is 670 g/mol. The third kappa shape index (κ3) is 17.7. The Balaban J connectivity index is 2.43. The molecule has 0 bridgehead atoms. The molecule has 3 atom stereocenters. The van der Waals surface area contributed by atoms with Crippen molar-refractivity contribution in [3.05, 3.63) is 51.6 Å². The molecule has 2 unspecified atom stereocenters. The van der Waals surface area contributed by atoms with Crippen LogP contribution in [0.2, 0.25) is 40.5 Å². The molecular weight excluding hydrogens is 611 g/mol. The molecule has 5 nitrogen and oxygen atoms in total. The van der Waals surface area contributed by atoms with Gasteiger partial charge >= 0.3 is 194 Å². The van der Waals surface area contributed by atoms with Crippen molar-refractivity contribution < 1.29 is 24.1 Å². The molecule has 7 heteroatoms. The quantitative estimate of drug-likeness (QED) is 0.0621. The Morgan fingerprint density at radius 3 is 2.31 bits per heavy atom. The fourth-order valence-electron chi connectivity index (χ4n) is 4.34. The fraction of sp³-hybridized carbons (Fsp3) is 0.688. The normalized spacial score (nSPS) is 15.2. The first kappa shape index (κ1) is 36.4. The second kappa shape index (κ2) is 18.7. The van der Waals surface area contributed by atoms with Crippen molar-refractivity contribution in [2.75, 3.05) is 33.7 Å². The summed E-state index contributed by atoms with van der Waals surface area (Å²) in [5.41, 5.74) is 2.36. The maximum atomic E-state index is 11.0. The van der Waals surface area contributed by atoms with E-state index in [1.807, 2.05) is 24.3 Å². The van der Waals surface area contributed by atoms with E-state index in [1.54, 1.807) is 7.11 Å². The van der Waals surface area contributed by atoms with Gasteiger partial charge in [0.05, 0.1) is 0 Å². The molecule has 0 radical (unpaired) electrons. The van der Waals surface area contributed by atoms with Gasteiger partial charge in [-0.05, 0) is 6.04 Å². The molecule has 0 aliphatic carbocycles. The van der Waals surface area contributed by atoms with E-state index < -0.39 is 26.5 Å². The van der Waals surface area contributed by atoms with Crippen molar-refractivity contribution in [3.8, 4) is 5.75 Å². The Hall–Kier alpha value is -0.644. The zero-order valence-electron chi connectivity index (χ0n) is 26.5. The van der Waals surface area contributed by atoms with Crippen LogP contribution in [0.5, 0.6) is 5.75 Å². The van der Waals surface area contributed by atoms with Gasteiger partial charge in [-0.1, -0.05) is 19.6 Å². The van der Waals surface area contributed by atoms with Gasteiger partial charge in [0.1, 0.15) is 6.79 Å². The Labute approximate surface area is 245 Å². The van der Waals surface area contributed by atoms with Crippen molar-refractivity contribution in [1.29, 1.82) is 0 Å². The van der Waals surface area contributed by atoms with Gasteiger partial charge in [-0.25, -0.2) is 0 Å². The molecule has 0 saturated carbocycles.